The molecule has 0 aromatic carbocycles. The summed E-state index contributed by atoms with van der Waals surface area (Å²) in [7, 11) is 0. The number of rotatable bonds is 3. The third kappa shape index (κ3) is 2.33. The molecule has 5 atom stereocenters. The molecule has 122 valence electrons. The van der Waals surface area contributed by atoms with Gasteiger partial charge in [-0.25, -0.2) is 9.97 Å². The Labute approximate surface area is 137 Å². The Morgan fingerprint density at radius 2 is 2.35 bits per heavy atom. The first-order valence-electron chi connectivity index (χ1n) is 6.98. The molecule has 0 saturated carbocycles. The van der Waals surface area contributed by atoms with Crippen LogP contribution >= 0.6 is 11.6 Å². The van der Waals surface area contributed by atoms with E-state index in [1.165, 1.54) is 12.5 Å². The lowest BCUT2D eigenvalue weighted by atomic mass is 9.87. The number of alkyl halides is 1. The number of terminal acetylenes is 1. The number of fused-ring (bicyclic) bond motifs is 1. The molecule has 2 aromatic rings. The fourth-order valence-electron chi connectivity index (χ4n) is 2.91. The number of nitrogen functional groups attached to an aromatic ring is 1. The molecule has 8 nitrogen and oxygen atoms in total. The number of hydrogen-bond acceptors (Lipinski definition) is 7. The van der Waals surface area contributed by atoms with E-state index in [0.717, 1.165) is 0 Å². The lowest BCUT2D eigenvalue weighted by Crippen LogP contribution is -2.40. The van der Waals surface area contributed by atoms with E-state index in [1.54, 1.807) is 11.5 Å². The molecular formula is C14H16ClN5O3. The molecule has 23 heavy (non-hydrogen) atoms. The highest BCUT2D eigenvalue weighted by atomic mass is 35.5. The number of imidazole rings is 1. The SMILES string of the molecule is C#CC1(Cl)C(CO)[C@@H]([C@@H](C)O)O[C@H]1n1cnc2cnc(N)nc21. The second kappa shape index (κ2) is 5.62. The van der Waals surface area contributed by atoms with Gasteiger partial charge >= 0.3 is 0 Å². The van der Waals surface area contributed by atoms with Gasteiger partial charge in [0, 0.05) is 5.92 Å². The highest BCUT2D eigenvalue weighted by Gasteiger charge is 2.57. The number of aliphatic hydroxyl groups is 2. The molecule has 0 bridgehead atoms. The fraction of sp³-hybridized carbons (Fsp3) is 0.500. The average Bonchev–Trinajstić information content (AvgIpc) is 3.05. The second-order valence-electron chi connectivity index (χ2n) is 5.48. The Bertz CT molecular complexity index is 773. The van der Waals surface area contributed by atoms with Gasteiger partial charge in [0.05, 0.1) is 31.3 Å². The van der Waals surface area contributed by atoms with Crippen LogP contribution in [0.15, 0.2) is 12.5 Å². The summed E-state index contributed by atoms with van der Waals surface area (Å²) in [5, 5.41) is 19.6. The van der Waals surface area contributed by atoms with Crippen LogP contribution in [-0.2, 0) is 4.74 Å². The molecule has 3 heterocycles. The number of nitrogens with zero attached hydrogens (tertiary/aromatic N) is 4. The minimum atomic E-state index is -1.37. The highest BCUT2D eigenvalue weighted by molar-refractivity contribution is 6.26. The summed E-state index contributed by atoms with van der Waals surface area (Å²) in [6.07, 6.45) is 6.11. The molecule has 0 spiro atoms. The predicted molar refractivity (Wildman–Crippen MR) is 83.3 cm³/mol. The van der Waals surface area contributed by atoms with Crippen LogP contribution in [0.2, 0.25) is 0 Å². The van der Waals surface area contributed by atoms with Gasteiger partial charge in [-0.2, -0.15) is 4.98 Å². The van der Waals surface area contributed by atoms with Gasteiger partial charge in [0.2, 0.25) is 5.95 Å². The lowest BCUT2D eigenvalue weighted by Gasteiger charge is -2.27. The van der Waals surface area contributed by atoms with Gasteiger partial charge in [0.15, 0.2) is 16.7 Å². The fourth-order valence-corrected chi connectivity index (χ4v) is 3.26. The summed E-state index contributed by atoms with van der Waals surface area (Å²) in [5.41, 5.74) is 6.53. The first-order chi connectivity index (χ1) is 10.9. The summed E-state index contributed by atoms with van der Waals surface area (Å²) in [5.74, 6) is 1.91. The molecule has 4 N–H and O–H groups in total. The smallest absolute Gasteiger partial charge is 0.222 e. The van der Waals surface area contributed by atoms with Crippen molar-refractivity contribution in [2.24, 2.45) is 5.92 Å². The van der Waals surface area contributed by atoms with Crippen molar-refractivity contribution in [3.63, 3.8) is 0 Å². The van der Waals surface area contributed by atoms with E-state index in [2.05, 4.69) is 20.9 Å². The molecule has 1 aliphatic rings. The number of nitrogens with two attached hydrogens (primary N) is 1. The molecule has 3 rings (SSSR count). The quantitative estimate of drug-likeness (QED) is 0.528. The summed E-state index contributed by atoms with van der Waals surface area (Å²) in [6, 6.07) is 0. The van der Waals surface area contributed by atoms with Crippen LogP contribution in [0.3, 0.4) is 0 Å². The van der Waals surface area contributed by atoms with Crippen molar-refractivity contribution in [2.45, 2.75) is 30.2 Å². The normalized spacial score (nSPS) is 32.0. The molecule has 1 aliphatic heterocycles. The Balaban J connectivity index is 2.13. The zero-order valence-corrected chi connectivity index (χ0v) is 13.1. The van der Waals surface area contributed by atoms with Crippen molar-refractivity contribution in [3.8, 4) is 12.3 Å². The van der Waals surface area contributed by atoms with Crippen LogP contribution in [0.25, 0.3) is 11.2 Å². The van der Waals surface area contributed by atoms with Gasteiger partial charge in [-0.3, -0.25) is 4.57 Å². The minimum absolute atomic E-state index is 0.0731. The Kier molecular flexibility index (Phi) is 3.90. The number of anilines is 1. The van der Waals surface area contributed by atoms with Crippen molar-refractivity contribution in [3.05, 3.63) is 12.5 Å². The van der Waals surface area contributed by atoms with Crippen LogP contribution in [-0.4, -0.2) is 53.4 Å². The summed E-state index contributed by atoms with van der Waals surface area (Å²) >= 11 is 6.60. The molecule has 0 radical (unpaired) electrons. The topological polar surface area (TPSA) is 119 Å². The van der Waals surface area contributed by atoms with Crippen LogP contribution in [0.1, 0.15) is 13.2 Å². The van der Waals surface area contributed by atoms with Crippen LogP contribution in [0.5, 0.6) is 0 Å². The first kappa shape index (κ1) is 16.0. The lowest BCUT2D eigenvalue weighted by molar-refractivity contribution is -0.0662. The van der Waals surface area contributed by atoms with E-state index >= 15 is 0 Å². The molecule has 0 aliphatic carbocycles. The summed E-state index contributed by atoms with van der Waals surface area (Å²) < 4.78 is 7.41. The molecule has 1 fully saturated rings. The van der Waals surface area contributed by atoms with Crippen LogP contribution in [0, 0.1) is 18.3 Å². The second-order valence-corrected chi connectivity index (χ2v) is 6.11. The summed E-state index contributed by atoms with van der Waals surface area (Å²) in [6.45, 7) is 1.22. The maximum absolute atomic E-state index is 9.92. The monoisotopic (exact) mass is 337 g/mol. The number of halogens is 1. The standard InChI is InChI=1S/C14H16ClN5O3/c1-3-14(15)8(5-21)10(7(2)22)23-12(14)20-6-18-9-4-17-13(16)19-11(9)20/h1,4,6-8,10,12,21-22H,5H2,2H3,(H2,16,17,19)/t7-,8?,10-,12-,14?/m1/s1. The Morgan fingerprint density at radius 1 is 1.61 bits per heavy atom. The minimum Gasteiger partial charge on any atom is -0.396 e. The van der Waals surface area contributed by atoms with Gasteiger partial charge in [-0.1, -0.05) is 17.5 Å². The molecular weight excluding hydrogens is 322 g/mol. The third-order valence-corrected chi connectivity index (χ3v) is 4.64. The number of hydrogen-bond donors (Lipinski definition) is 3. The average molecular weight is 338 g/mol. The van der Waals surface area contributed by atoms with E-state index < -0.39 is 29.2 Å². The molecule has 9 heteroatoms. The third-order valence-electron chi connectivity index (χ3n) is 4.06. The van der Waals surface area contributed by atoms with E-state index in [9.17, 15) is 10.2 Å². The van der Waals surface area contributed by atoms with E-state index in [-0.39, 0.29) is 12.6 Å². The van der Waals surface area contributed by atoms with Crippen molar-refractivity contribution in [1.82, 2.24) is 19.5 Å². The number of aliphatic hydroxyl groups excluding tert-OH is 2. The van der Waals surface area contributed by atoms with Gasteiger partial charge < -0.3 is 20.7 Å². The number of aromatic nitrogens is 4. The Hall–Kier alpha value is -1.92. The molecule has 2 unspecified atom stereocenters. The van der Waals surface area contributed by atoms with E-state index in [0.29, 0.717) is 11.2 Å². The number of ether oxygens (including phenoxy) is 1. The Morgan fingerprint density at radius 3 is 2.96 bits per heavy atom. The zero-order chi connectivity index (χ0) is 16.8. The molecule has 0 amide bonds. The maximum atomic E-state index is 9.92. The van der Waals surface area contributed by atoms with Crippen LogP contribution in [0.4, 0.5) is 5.95 Å². The molecule has 1 saturated heterocycles. The largest absolute Gasteiger partial charge is 0.396 e. The zero-order valence-electron chi connectivity index (χ0n) is 12.3. The van der Waals surface area contributed by atoms with Crippen LogP contribution < -0.4 is 5.73 Å². The van der Waals surface area contributed by atoms with Crippen molar-refractivity contribution in [2.75, 3.05) is 12.3 Å². The summed E-state index contributed by atoms with van der Waals surface area (Å²) in [4.78, 5) is 10.8. The van der Waals surface area contributed by atoms with Gasteiger partial charge in [0.25, 0.3) is 0 Å². The van der Waals surface area contributed by atoms with Gasteiger partial charge in [0.1, 0.15) is 5.52 Å². The van der Waals surface area contributed by atoms with Crippen molar-refractivity contribution in [1.29, 1.82) is 0 Å². The van der Waals surface area contributed by atoms with Gasteiger partial charge in [-0.15, -0.1) is 6.42 Å². The van der Waals surface area contributed by atoms with E-state index in [4.69, 9.17) is 28.5 Å². The maximum Gasteiger partial charge on any atom is 0.222 e. The first-order valence-corrected chi connectivity index (χ1v) is 7.36. The predicted octanol–water partition coefficient (Wildman–Crippen LogP) is -0.0940. The molecule has 2 aromatic heterocycles. The van der Waals surface area contributed by atoms with Crippen molar-refractivity contribution >= 4 is 28.7 Å². The van der Waals surface area contributed by atoms with Gasteiger partial charge in [-0.05, 0) is 6.92 Å². The van der Waals surface area contributed by atoms with E-state index in [1.807, 2.05) is 0 Å². The van der Waals surface area contributed by atoms with Crippen molar-refractivity contribution < 1.29 is 14.9 Å². The highest BCUT2D eigenvalue weighted by Crippen LogP contribution is 2.48.